The van der Waals surface area contributed by atoms with Crippen molar-refractivity contribution in [1.82, 2.24) is 0 Å². The molecule has 0 unspecified atom stereocenters. The van der Waals surface area contributed by atoms with Gasteiger partial charge in [-0.25, -0.2) is 0 Å². The minimum Gasteiger partial charge on any atom is -0.508 e. The van der Waals surface area contributed by atoms with Crippen molar-refractivity contribution in [3.8, 4) is 11.5 Å². The lowest BCUT2D eigenvalue weighted by Crippen LogP contribution is -2.43. The maximum Gasteiger partial charge on any atom is 0.221 e. The van der Waals surface area contributed by atoms with Crippen LogP contribution in [-0.4, -0.2) is 28.8 Å². The molecule has 0 radical (unpaired) electrons. The zero-order chi connectivity index (χ0) is 23.6. The molecule has 0 aliphatic heterocycles. The summed E-state index contributed by atoms with van der Waals surface area (Å²) in [6, 6.07) is 13.2. The molecule has 2 aromatic rings. The molecule has 0 heterocycles. The minimum absolute atomic E-state index is 0.0656. The molecule has 0 saturated heterocycles. The maximum absolute atomic E-state index is 10.7. The summed E-state index contributed by atoms with van der Waals surface area (Å²) in [6.45, 7) is 6.38. The Balaban J connectivity index is 0.000000174. The number of aryl methyl sites for hydroxylation is 1. The second kappa shape index (κ2) is 9.76. The highest BCUT2D eigenvalue weighted by atomic mass is 16.5. The van der Waals surface area contributed by atoms with Crippen LogP contribution in [0.3, 0.4) is 0 Å². The number of phenolic OH excluding ortho intramolecular Hbond substituents is 1. The standard InChI is InChI=1S/C18H24O2.C10H13NO2/c1-18-9-8-14-13-5-3-12(19)10-11(13)2-4-15(14)16(18)6-7-17(18)20;1-3-13-10-6-4-9(5-7-10)11-8(2)12/h3,5,10,14-17,19-20H,2,4,6-9H2,1H3;4-7H,3H2,1-2H3,(H,11,12)/t14-,15-,16+,17+,18+;/m1./s1. The number of carbonyl (C=O) groups is 1. The number of aromatic hydroxyl groups is 1. The Kier molecular flexibility index (Phi) is 6.99. The minimum atomic E-state index is -0.0883. The van der Waals surface area contributed by atoms with Crippen molar-refractivity contribution in [3.63, 3.8) is 0 Å². The zero-order valence-corrected chi connectivity index (χ0v) is 20.0. The molecule has 2 aromatic carbocycles. The lowest BCUT2D eigenvalue weighted by molar-refractivity contribution is -0.114. The fourth-order valence-corrected chi connectivity index (χ4v) is 6.55. The van der Waals surface area contributed by atoms with E-state index in [2.05, 4.69) is 18.3 Å². The van der Waals surface area contributed by atoms with Gasteiger partial charge < -0.3 is 20.3 Å². The van der Waals surface area contributed by atoms with Crippen molar-refractivity contribution in [2.24, 2.45) is 17.3 Å². The van der Waals surface area contributed by atoms with Gasteiger partial charge in [0.05, 0.1) is 12.7 Å². The van der Waals surface area contributed by atoms with Crippen LogP contribution >= 0.6 is 0 Å². The molecule has 3 N–H and O–H groups in total. The van der Waals surface area contributed by atoms with Crippen molar-refractivity contribution in [3.05, 3.63) is 53.6 Å². The van der Waals surface area contributed by atoms with Gasteiger partial charge in [-0.1, -0.05) is 13.0 Å². The maximum atomic E-state index is 10.7. The number of amides is 1. The van der Waals surface area contributed by atoms with E-state index >= 15 is 0 Å². The third-order valence-corrected chi connectivity index (χ3v) is 8.15. The Hall–Kier alpha value is -2.53. The summed E-state index contributed by atoms with van der Waals surface area (Å²) in [6.07, 6.45) is 6.78. The van der Waals surface area contributed by atoms with Gasteiger partial charge in [0.2, 0.25) is 5.91 Å². The van der Waals surface area contributed by atoms with Crippen LogP contribution < -0.4 is 10.1 Å². The molecule has 2 fully saturated rings. The fraction of sp³-hybridized carbons (Fsp3) is 0.536. The lowest BCUT2D eigenvalue weighted by Gasteiger charge is -2.50. The highest BCUT2D eigenvalue weighted by molar-refractivity contribution is 5.88. The summed E-state index contributed by atoms with van der Waals surface area (Å²) in [5.74, 6) is 3.24. The first-order valence-electron chi connectivity index (χ1n) is 12.3. The van der Waals surface area contributed by atoms with Gasteiger partial charge in [0.15, 0.2) is 0 Å². The topological polar surface area (TPSA) is 78.8 Å². The molecule has 0 aromatic heterocycles. The van der Waals surface area contributed by atoms with Crippen LogP contribution in [0.15, 0.2) is 42.5 Å². The predicted molar refractivity (Wildman–Crippen MR) is 131 cm³/mol. The number of hydrogen-bond acceptors (Lipinski definition) is 4. The van der Waals surface area contributed by atoms with E-state index in [0.717, 1.165) is 36.6 Å². The van der Waals surface area contributed by atoms with E-state index in [-0.39, 0.29) is 17.4 Å². The number of anilines is 1. The van der Waals surface area contributed by atoms with Gasteiger partial charge in [0.1, 0.15) is 11.5 Å². The van der Waals surface area contributed by atoms with E-state index in [9.17, 15) is 15.0 Å². The molecule has 2 saturated carbocycles. The smallest absolute Gasteiger partial charge is 0.221 e. The van der Waals surface area contributed by atoms with Gasteiger partial charge in [0.25, 0.3) is 0 Å². The van der Waals surface area contributed by atoms with Gasteiger partial charge in [0, 0.05) is 12.6 Å². The van der Waals surface area contributed by atoms with Gasteiger partial charge in [-0.05, 0) is 116 Å². The summed E-state index contributed by atoms with van der Waals surface area (Å²) in [5, 5.41) is 22.7. The van der Waals surface area contributed by atoms with Crippen LogP contribution in [0.5, 0.6) is 11.5 Å². The van der Waals surface area contributed by atoms with Crippen LogP contribution in [-0.2, 0) is 11.2 Å². The number of aliphatic hydroxyl groups is 1. The number of nitrogens with one attached hydrogen (secondary N) is 1. The van der Waals surface area contributed by atoms with Gasteiger partial charge in [-0.3, -0.25) is 4.79 Å². The number of carbonyl (C=O) groups excluding carboxylic acids is 1. The molecular formula is C28H37NO4. The summed E-state index contributed by atoms with van der Waals surface area (Å²) < 4.78 is 5.25. The van der Waals surface area contributed by atoms with Crippen molar-refractivity contribution < 1.29 is 19.7 Å². The van der Waals surface area contributed by atoms with Gasteiger partial charge >= 0.3 is 0 Å². The number of phenols is 1. The van der Waals surface area contributed by atoms with E-state index in [1.54, 1.807) is 0 Å². The summed E-state index contributed by atoms with van der Waals surface area (Å²) in [7, 11) is 0. The first-order valence-corrected chi connectivity index (χ1v) is 12.3. The third kappa shape index (κ3) is 4.89. The van der Waals surface area contributed by atoms with Crippen LogP contribution in [0.2, 0.25) is 0 Å². The van der Waals surface area contributed by atoms with Crippen molar-refractivity contribution in [1.29, 1.82) is 0 Å². The van der Waals surface area contributed by atoms with Crippen LogP contribution in [0, 0.1) is 17.3 Å². The number of rotatable bonds is 3. The SMILES string of the molecule is CCOc1ccc(NC(C)=O)cc1.C[C@]12CC[C@@H]3c4ccc(O)cc4CC[C@H]3[C@@H]1CC[C@@H]2O. The number of fused-ring (bicyclic) bond motifs is 5. The highest BCUT2D eigenvalue weighted by Crippen LogP contribution is 2.60. The summed E-state index contributed by atoms with van der Waals surface area (Å²) >= 11 is 0. The third-order valence-electron chi connectivity index (χ3n) is 8.15. The average Bonchev–Trinajstić information content (AvgIpc) is 3.09. The molecule has 178 valence electrons. The monoisotopic (exact) mass is 451 g/mol. The zero-order valence-electron chi connectivity index (χ0n) is 20.0. The molecule has 0 bridgehead atoms. The normalized spacial score (nSPS) is 29.6. The van der Waals surface area contributed by atoms with E-state index in [1.165, 1.54) is 37.3 Å². The van der Waals surface area contributed by atoms with E-state index in [4.69, 9.17) is 4.74 Å². The molecule has 0 spiro atoms. The van der Waals surface area contributed by atoms with Crippen LogP contribution in [0.4, 0.5) is 5.69 Å². The molecule has 5 heteroatoms. The molecule has 5 atom stereocenters. The number of ether oxygens (including phenoxy) is 1. The highest BCUT2D eigenvalue weighted by Gasteiger charge is 2.54. The Morgan fingerprint density at radius 1 is 1.12 bits per heavy atom. The fourth-order valence-electron chi connectivity index (χ4n) is 6.55. The quantitative estimate of drug-likeness (QED) is 0.563. The van der Waals surface area contributed by atoms with Gasteiger partial charge in [-0.2, -0.15) is 0 Å². The molecule has 5 rings (SSSR count). The first-order chi connectivity index (χ1) is 15.8. The molecule has 5 nitrogen and oxygen atoms in total. The number of benzene rings is 2. The summed E-state index contributed by atoms with van der Waals surface area (Å²) in [4.78, 5) is 10.7. The number of aliphatic hydroxyl groups excluding tert-OH is 1. The average molecular weight is 452 g/mol. The van der Waals surface area contributed by atoms with Crippen LogP contribution in [0.25, 0.3) is 0 Å². The van der Waals surface area contributed by atoms with Crippen molar-refractivity contribution in [2.75, 3.05) is 11.9 Å². The first kappa shape index (κ1) is 23.6. The molecule has 33 heavy (non-hydrogen) atoms. The van der Waals surface area contributed by atoms with Crippen molar-refractivity contribution in [2.45, 2.75) is 71.3 Å². The molecule has 1 amide bonds. The number of hydrogen-bond donors (Lipinski definition) is 3. The predicted octanol–water partition coefficient (Wildman–Crippen LogP) is 5.65. The van der Waals surface area contributed by atoms with E-state index in [1.807, 2.05) is 43.3 Å². The van der Waals surface area contributed by atoms with Crippen LogP contribution in [0.1, 0.15) is 69.9 Å². The van der Waals surface area contributed by atoms with Gasteiger partial charge in [-0.15, -0.1) is 0 Å². The molecular weight excluding hydrogens is 414 g/mol. The molecule has 3 aliphatic carbocycles. The summed E-state index contributed by atoms with van der Waals surface area (Å²) in [5.41, 5.74) is 3.78. The van der Waals surface area contributed by atoms with E-state index in [0.29, 0.717) is 24.2 Å². The molecule has 3 aliphatic rings. The second-order valence-corrected chi connectivity index (χ2v) is 10.1. The van der Waals surface area contributed by atoms with E-state index < -0.39 is 0 Å². The Morgan fingerprint density at radius 2 is 1.88 bits per heavy atom. The Labute approximate surface area is 197 Å². The Morgan fingerprint density at radius 3 is 2.58 bits per heavy atom. The largest absolute Gasteiger partial charge is 0.508 e. The van der Waals surface area contributed by atoms with Crippen molar-refractivity contribution >= 4 is 11.6 Å². The lowest BCUT2D eigenvalue weighted by atomic mass is 9.55. The second-order valence-electron chi connectivity index (χ2n) is 10.1. The Bertz CT molecular complexity index is 972.